The third-order valence-electron chi connectivity index (χ3n) is 3.94. The Kier molecular flexibility index (Phi) is 7.01. The summed E-state index contributed by atoms with van der Waals surface area (Å²) in [6.45, 7) is 3.90. The fraction of sp³-hybridized carbons (Fsp3) is 0.381. The molecule has 2 aromatic rings. The second-order valence-corrected chi connectivity index (χ2v) is 6.16. The van der Waals surface area contributed by atoms with Gasteiger partial charge in [0.05, 0.1) is 11.7 Å². The predicted octanol–water partition coefficient (Wildman–Crippen LogP) is 4.63. The van der Waals surface area contributed by atoms with E-state index in [1.807, 2.05) is 48.5 Å². The van der Waals surface area contributed by atoms with Crippen molar-refractivity contribution in [2.24, 2.45) is 0 Å². The summed E-state index contributed by atoms with van der Waals surface area (Å²) in [5, 5.41) is 9.71. The first-order valence-corrected chi connectivity index (χ1v) is 8.65. The maximum absolute atomic E-state index is 12.8. The van der Waals surface area contributed by atoms with Gasteiger partial charge in [-0.05, 0) is 25.5 Å². The lowest BCUT2D eigenvalue weighted by Gasteiger charge is -2.22. The first-order valence-electron chi connectivity index (χ1n) is 8.65. The van der Waals surface area contributed by atoms with E-state index in [1.54, 1.807) is 13.0 Å². The van der Waals surface area contributed by atoms with Crippen molar-refractivity contribution in [3.63, 3.8) is 0 Å². The monoisotopic (exact) mass is 326 g/mol. The van der Waals surface area contributed by atoms with Crippen molar-refractivity contribution in [2.45, 2.75) is 51.7 Å². The van der Waals surface area contributed by atoms with Crippen molar-refractivity contribution in [3.05, 3.63) is 65.7 Å². The number of ether oxygens (including phenoxy) is 1. The van der Waals surface area contributed by atoms with Crippen molar-refractivity contribution in [1.29, 1.82) is 0 Å². The van der Waals surface area contributed by atoms with Gasteiger partial charge in [0.25, 0.3) is 0 Å². The van der Waals surface area contributed by atoms with Crippen LogP contribution in [0.25, 0.3) is 0 Å². The van der Waals surface area contributed by atoms with Crippen molar-refractivity contribution in [1.82, 2.24) is 0 Å². The maximum atomic E-state index is 12.8. The van der Waals surface area contributed by atoms with Gasteiger partial charge >= 0.3 is 0 Å². The highest BCUT2D eigenvalue weighted by molar-refractivity contribution is 6.10. The van der Waals surface area contributed by atoms with Crippen LogP contribution in [-0.4, -0.2) is 23.1 Å². The molecule has 0 aromatic heterocycles. The van der Waals surface area contributed by atoms with E-state index < -0.39 is 6.10 Å². The summed E-state index contributed by atoms with van der Waals surface area (Å²) < 4.78 is 6.12. The van der Waals surface area contributed by atoms with Crippen LogP contribution < -0.4 is 4.74 Å². The normalized spacial score (nSPS) is 13.3. The topological polar surface area (TPSA) is 46.5 Å². The van der Waals surface area contributed by atoms with Gasteiger partial charge < -0.3 is 9.84 Å². The minimum absolute atomic E-state index is 0.0440. The number of carbonyl (C=O) groups excluding carboxylic acids is 1. The van der Waals surface area contributed by atoms with E-state index in [0.717, 1.165) is 19.3 Å². The molecule has 0 amide bonds. The first kappa shape index (κ1) is 18.2. The van der Waals surface area contributed by atoms with Crippen LogP contribution in [-0.2, 0) is 0 Å². The van der Waals surface area contributed by atoms with E-state index in [9.17, 15) is 9.90 Å². The van der Waals surface area contributed by atoms with Gasteiger partial charge in [-0.25, -0.2) is 0 Å². The molecule has 0 spiro atoms. The van der Waals surface area contributed by atoms with E-state index in [1.165, 1.54) is 0 Å². The number of ketones is 1. The molecule has 2 rings (SSSR count). The number of aliphatic hydroxyl groups excluding tert-OH is 1. The Hall–Kier alpha value is -2.13. The summed E-state index contributed by atoms with van der Waals surface area (Å²) in [6.07, 6.45) is 3.03. The van der Waals surface area contributed by atoms with Gasteiger partial charge in [0, 0.05) is 12.0 Å². The standard InChI is InChI=1S/C21H26O3/c1-3-4-12-18(15-16(2)22)24-20-14-9-8-13-19(20)21(23)17-10-6-5-7-11-17/h5-11,13-14,16,18,22H,3-4,12,15H2,1-2H3. The molecule has 128 valence electrons. The average Bonchev–Trinajstić information content (AvgIpc) is 2.60. The molecule has 1 N–H and O–H groups in total. The molecule has 2 atom stereocenters. The minimum atomic E-state index is -0.427. The van der Waals surface area contributed by atoms with Gasteiger partial charge in [-0.2, -0.15) is 0 Å². The molecule has 0 bridgehead atoms. The number of para-hydroxylation sites is 1. The first-order chi connectivity index (χ1) is 11.6. The van der Waals surface area contributed by atoms with Crippen LogP contribution in [0.5, 0.6) is 5.75 Å². The molecule has 0 aliphatic rings. The van der Waals surface area contributed by atoms with Gasteiger partial charge in [-0.1, -0.05) is 62.2 Å². The molecule has 2 aromatic carbocycles. The molecule has 3 nitrogen and oxygen atoms in total. The Bertz CT molecular complexity index is 635. The quantitative estimate of drug-likeness (QED) is 0.684. The zero-order valence-electron chi connectivity index (χ0n) is 14.4. The second-order valence-electron chi connectivity index (χ2n) is 6.16. The molecule has 24 heavy (non-hydrogen) atoms. The van der Waals surface area contributed by atoms with Gasteiger partial charge in [0.15, 0.2) is 5.78 Å². The Morgan fingerprint density at radius 1 is 1.08 bits per heavy atom. The largest absolute Gasteiger partial charge is 0.490 e. The fourth-order valence-corrected chi connectivity index (χ4v) is 2.72. The average molecular weight is 326 g/mol. The summed E-state index contributed by atoms with van der Waals surface area (Å²) >= 11 is 0. The lowest BCUT2D eigenvalue weighted by molar-refractivity contribution is 0.0952. The predicted molar refractivity (Wildman–Crippen MR) is 96.6 cm³/mol. The number of aliphatic hydroxyl groups is 1. The van der Waals surface area contributed by atoms with Gasteiger partial charge in [-0.15, -0.1) is 0 Å². The van der Waals surface area contributed by atoms with Crippen molar-refractivity contribution >= 4 is 5.78 Å². The van der Waals surface area contributed by atoms with Crippen molar-refractivity contribution in [3.8, 4) is 5.75 Å². The molecule has 0 saturated heterocycles. The van der Waals surface area contributed by atoms with Crippen LogP contribution in [0.2, 0.25) is 0 Å². The van der Waals surface area contributed by atoms with E-state index in [2.05, 4.69) is 6.92 Å². The Labute approximate surface area is 144 Å². The lowest BCUT2D eigenvalue weighted by Crippen LogP contribution is -2.23. The van der Waals surface area contributed by atoms with E-state index in [0.29, 0.717) is 23.3 Å². The zero-order valence-corrected chi connectivity index (χ0v) is 14.4. The number of rotatable bonds is 9. The van der Waals surface area contributed by atoms with E-state index in [4.69, 9.17) is 4.74 Å². The molecular formula is C21H26O3. The summed E-state index contributed by atoms with van der Waals surface area (Å²) in [4.78, 5) is 12.8. The summed E-state index contributed by atoms with van der Waals surface area (Å²) in [5.41, 5.74) is 1.21. The van der Waals surface area contributed by atoms with Crippen LogP contribution in [0.1, 0.15) is 55.5 Å². The highest BCUT2D eigenvalue weighted by Crippen LogP contribution is 2.25. The van der Waals surface area contributed by atoms with E-state index >= 15 is 0 Å². The fourth-order valence-electron chi connectivity index (χ4n) is 2.72. The van der Waals surface area contributed by atoms with Crippen molar-refractivity contribution < 1.29 is 14.6 Å². The van der Waals surface area contributed by atoms with Crippen molar-refractivity contribution in [2.75, 3.05) is 0 Å². The SMILES string of the molecule is CCCCC(CC(C)O)Oc1ccccc1C(=O)c1ccccc1. The minimum Gasteiger partial charge on any atom is -0.490 e. The molecule has 0 saturated carbocycles. The summed E-state index contributed by atoms with van der Waals surface area (Å²) in [7, 11) is 0. The molecular weight excluding hydrogens is 300 g/mol. The Balaban J connectivity index is 2.22. The third kappa shape index (κ3) is 5.20. The summed E-state index contributed by atoms with van der Waals surface area (Å²) in [5.74, 6) is 0.547. The molecule has 3 heteroatoms. The molecule has 0 heterocycles. The number of carbonyl (C=O) groups is 1. The molecule has 0 radical (unpaired) electrons. The molecule has 0 aliphatic carbocycles. The molecule has 0 fully saturated rings. The van der Waals surface area contributed by atoms with Crippen LogP contribution in [0, 0.1) is 0 Å². The maximum Gasteiger partial charge on any atom is 0.196 e. The van der Waals surface area contributed by atoms with E-state index in [-0.39, 0.29) is 11.9 Å². The summed E-state index contributed by atoms with van der Waals surface area (Å²) in [6, 6.07) is 16.6. The highest BCUT2D eigenvalue weighted by Gasteiger charge is 2.18. The number of unbranched alkanes of at least 4 members (excludes halogenated alkanes) is 1. The Morgan fingerprint density at radius 3 is 2.42 bits per heavy atom. The number of benzene rings is 2. The molecule has 0 aliphatic heterocycles. The highest BCUT2D eigenvalue weighted by atomic mass is 16.5. The van der Waals surface area contributed by atoms with Gasteiger partial charge in [0.2, 0.25) is 0 Å². The van der Waals surface area contributed by atoms with Gasteiger partial charge in [-0.3, -0.25) is 4.79 Å². The second kappa shape index (κ2) is 9.24. The number of hydrogen-bond donors (Lipinski definition) is 1. The smallest absolute Gasteiger partial charge is 0.196 e. The van der Waals surface area contributed by atoms with Crippen LogP contribution >= 0.6 is 0 Å². The molecule has 2 unspecified atom stereocenters. The number of hydrogen-bond acceptors (Lipinski definition) is 3. The van der Waals surface area contributed by atoms with Crippen LogP contribution in [0.3, 0.4) is 0 Å². The third-order valence-corrected chi connectivity index (χ3v) is 3.94. The van der Waals surface area contributed by atoms with Gasteiger partial charge in [0.1, 0.15) is 11.9 Å². The van der Waals surface area contributed by atoms with Crippen LogP contribution in [0.4, 0.5) is 0 Å². The van der Waals surface area contributed by atoms with Crippen LogP contribution in [0.15, 0.2) is 54.6 Å². The zero-order chi connectivity index (χ0) is 17.4. The lowest BCUT2D eigenvalue weighted by atomic mass is 10.0. The Morgan fingerprint density at radius 2 is 1.75 bits per heavy atom.